The van der Waals surface area contributed by atoms with E-state index in [2.05, 4.69) is 99.2 Å². The maximum Gasteiger partial charge on any atom is 0.164 e. The molecule has 1 N–H and O–H groups in total. The van der Waals surface area contributed by atoms with Crippen LogP contribution in [0.5, 0.6) is 0 Å². The maximum absolute atomic E-state index is 12.2. The van der Waals surface area contributed by atoms with Crippen molar-refractivity contribution in [3.63, 3.8) is 0 Å². The molecule has 0 amide bonds. The van der Waals surface area contributed by atoms with E-state index in [1.165, 1.54) is 33.0 Å². The van der Waals surface area contributed by atoms with Crippen molar-refractivity contribution < 1.29 is 31.4 Å². The molecular formula is C43H53IrN2O2S-. The Bertz CT molecular complexity index is 1980. The van der Waals surface area contributed by atoms with Crippen LogP contribution in [0.1, 0.15) is 106 Å². The monoisotopic (exact) mass is 855 g/mol. The molecule has 0 saturated carbocycles. The first-order valence-electron chi connectivity index (χ1n) is 17.8. The Morgan fingerprint density at radius 2 is 1.49 bits per heavy atom. The number of aliphatic hydroxyl groups excluding tert-OH is 1. The van der Waals surface area contributed by atoms with E-state index in [-0.39, 0.29) is 54.2 Å². The van der Waals surface area contributed by atoms with E-state index >= 15 is 0 Å². The molecule has 5 rings (SSSR count). The fourth-order valence-corrected chi connectivity index (χ4v) is 7.06. The van der Waals surface area contributed by atoms with Crippen LogP contribution in [0.3, 0.4) is 0 Å². The van der Waals surface area contributed by atoms with Gasteiger partial charge in [0.15, 0.2) is 5.78 Å². The van der Waals surface area contributed by atoms with Gasteiger partial charge in [-0.2, -0.15) is 0 Å². The molecule has 0 aliphatic rings. The summed E-state index contributed by atoms with van der Waals surface area (Å²) in [7, 11) is 0. The first kappa shape index (κ1) is 38.6. The predicted octanol–water partition coefficient (Wildman–Crippen LogP) is 12.5. The van der Waals surface area contributed by atoms with Gasteiger partial charge in [-0.05, 0) is 56.1 Å². The molecule has 0 bridgehead atoms. The smallest absolute Gasteiger partial charge is 0.164 e. The van der Waals surface area contributed by atoms with Crippen molar-refractivity contribution in [2.45, 2.75) is 107 Å². The molecule has 0 fully saturated rings. The fraction of sp³-hybridized carbons (Fsp3) is 0.419. The zero-order chi connectivity index (χ0) is 36.3. The van der Waals surface area contributed by atoms with Crippen LogP contribution in [0.2, 0.25) is 0 Å². The summed E-state index contributed by atoms with van der Waals surface area (Å²) in [5, 5.41) is 12.4. The number of carbonyl (C=O) groups excluding carboxylic acids is 1. The molecule has 0 unspecified atom stereocenters. The Hall–Kier alpha value is -3.18. The van der Waals surface area contributed by atoms with E-state index in [1.54, 1.807) is 11.3 Å². The van der Waals surface area contributed by atoms with Gasteiger partial charge in [-0.25, -0.2) is 4.98 Å². The zero-order valence-corrected chi connectivity index (χ0v) is 34.3. The number of aromatic nitrogens is 2. The molecule has 0 spiro atoms. The van der Waals surface area contributed by atoms with Crippen LogP contribution < -0.4 is 0 Å². The minimum atomic E-state index is -0.337. The summed E-state index contributed by atoms with van der Waals surface area (Å²) in [6, 6.07) is 22.7. The van der Waals surface area contributed by atoms with E-state index in [9.17, 15) is 9.90 Å². The summed E-state index contributed by atoms with van der Waals surface area (Å²) in [6.45, 7) is 23.0. The number of allylic oxidation sites excluding steroid dienone is 2. The van der Waals surface area contributed by atoms with Crippen LogP contribution in [0.15, 0.2) is 72.7 Å². The van der Waals surface area contributed by atoms with Crippen molar-refractivity contribution in [3.05, 3.63) is 95.5 Å². The third-order valence-electron chi connectivity index (χ3n) is 10.4. The van der Waals surface area contributed by atoms with Crippen molar-refractivity contribution in [2.24, 2.45) is 10.8 Å². The quantitative estimate of drug-likeness (QED) is 0.0911. The van der Waals surface area contributed by atoms with E-state index in [1.807, 2.05) is 47.6 Å². The molecule has 2 aromatic heterocycles. The average molecular weight is 855 g/mol. The van der Waals surface area contributed by atoms with Gasteiger partial charge in [0.1, 0.15) is 13.4 Å². The van der Waals surface area contributed by atoms with Gasteiger partial charge in [0.2, 0.25) is 0 Å². The number of benzene rings is 3. The van der Waals surface area contributed by atoms with Gasteiger partial charge in [0.25, 0.3) is 0 Å². The molecule has 4 nitrogen and oxygen atoms in total. The van der Waals surface area contributed by atoms with Crippen molar-refractivity contribution in [2.75, 3.05) is 0 Å². The molecule has 2 heterocycles. The molecule has 263 valence electrons. The average Bonchev–Trinajstić information content (AvgIpc) is 3.42. The Morgan fingerprint density at radius 3 is 2.06 bits per heavy atom. The molecular weight excluding hydrogens is 801 g/mol. The number of ketones is 1. The van der Waals surface area contributed by atoms with Crippen LogP contribution in [-0.4, -0.2) is 20.9 Å². The van der Waals surface area contributed by atoms with Crippen LogP contribution in [0, 0.1) is 30.7 Å². The third kappa shape index (κ3) is 8.59. The number of aliphatic hydroxyl groups is 1. The summed E-state index contributed by atoms with van der Waals surface area (Å²) < 4.78 is 9.33. The Labute approximate surface area is 313 Å². The topological polar surface area (TPSA) is 63.1 Å². The normalized spacial score (nSPS) is 12.7. The first-order chi connectivity index (χ1) is 23.0. The molecule has 0 saturated heterocycles. The predicted molar refractivity (Wildman–Crippen MR) is 206 cm³/mol. The van der Waals surface area contributed by atoms with E-state index in [0.29, 0.717) is 0 Å². The Balaban J connectivity index is 0.000000323. The second kappa shape index (κ2) is 16.2. The van der Waals surface area contributed by atoms with Crippen molar-refractivity contribution in [1.82, 2.24) is 9.97 Å². The molecule has 1 radical (unpaired) electrons. The molecule has 0 atom stereocenters. The zero-order valence-electron chi connectivity index (χ0n) is 32.1. The van der Waals surface area contributed by atoms with Crippen LogP contribution in [0.25, 0.3) is 42.7 Å². The number of aryl methyl sites for hydroxylation is 2. The minimum absolute atomic E-state index is 0. The van der Waals surface area contributed by atoms with E-state index in [0.717, 1.165) is 58.1 Å². The number of nitrogens with zero attached hydrogens (tertiary/aromatic N) is 2. The van der Waals surface area contributed by atoms with Crippen LogP contribution >= 0.6 is 11.3 Å². The molecule has 5 aromatic rings. The van der Waals surface area contributed by atoms with Crippen molar-refractivity contribution >= 4 is 38.1 Å². The minimum Gasteiger partial charge on any atom is -0.512 e. The molecule has 49 heavy (non-hydrogen) atoms. The second-order valence-electron chi connectivity index (χ2n) is 14.6. The molecule has 0 aliphatic heterocycles. The second-order valence-corrected chi connectivity index (χ2v) is 15.6. The van der Waals surface area contributed by atoms with Gasteiger partial charge in [-0.15, -0.1) is 40.5 Å². The number of carbonyl (C=O) groups is 1. The largest absolute Gasteiger partial charge is 0.512 e. The van der Waals surface area contributed by atoms with Gasteiger partial charge >= 0.3 is 0 Å². The standard InChI is InChI=1S/C28H25N2S.C15H28O2.Ir/c1-17-10-12-19(13-11-17)26-18(2)24-27(31-26)25(30-16-29-24)21-14-20-8-6-7-9-22(20)23(15-21)28(3,4)5;1-7-14(5,8-2)12(16)11-13(17)15(6,9-3)10-4;/h6-13,15-16H,1-5H3;11,16H,7-10H2,1-6H3;/q-1;;/b;12-11-;/i16D;;. The van der Waals surface area contributed by atoms with Gasteiger partial charge in [-0.1, -0.05) is 121 Å². The summed E-state index contributed by atoms with van der Waals surface area (Å²) in [4.78, 5) is 22.5. The Morgan fingerprint density at radius 1 is 0.898 bits per heavy atom. The van der Waals surface area contributed by atoms with Gasteiger partial charge in [0.05, 0.1) is 5.52 Å². The van der Waals surface area contributed by atoms with Crippen molar-refractivity contribution in [1.29, 1.82) is 0 Å². The van der Waals surface area contributed by atoms with Gasteiger partial charge < -0.3 is 5.11 Å². The van der Waals surface area contributed by atoms with Gasteiger partial charge in [-0.3, -0.25) is 9.78 Å². The Kier molecular flexibility index (Phi) is 12.8. The third-order valence-corrected chi connectivity index (χ3v) is 11.7. The number of fused-ring (bicyclic) bond motifs is 2. The SMILES string of the molecule is CCC(C)(CC)C(=O)/C=C(\O)C(C)(CC)CC.[2H]c1nc(-c2[c-]c3ccccc3c(C(C)(C)C)c2)c2sc(-c3ccc(C)cc3)c(C)c2n1.[Ir]. The summed E-state index contributed by atoms with van der Waals surface area (Å²) in [5.41, 5.74) is 6.71. The first-order valence-corrected chi connectivity index (χ1v) is 18.1. The maximum atomic E-state index is 12.2. The number of hydrogen-bond acceptors (Lipinski definition) is 5. The summed E-state index contributed by atoms with van der Waals surface area (Å²) in [6.07, 6.45) is 4.80. The number of thiophene rings is 1. The van der Waals surface area contributed by atoms with Crippen molar-refractivity contribution in [3.8, 4) is 21.7 Å². The molecule has 3 aromatic carbocycles. The number of hydrogen-bond donors (Lipinski definition) is 1. The number of rotatable bonds is 9. The van der Waals surface area contributed by atoms with E-state index < -0.39 is 0 Å². The fourth-order valence-electron chi connectivity index (χ4n) is 5.80. The van der Waals surface area contributed by atoms with Crippen LogP contribution in [0.4, 0.5) is 0 Å². The van der Waals surface area contributed by atoms with E-state index in [4.69, 9.17) is 1.37 Å². The molecule has 6 heteroatoms. The molecule has 0 aliphatic carbocycles. The summed E-state index contributed by atoms with van der Waals surface area (Å²) >= 11 is 1.70. The van der Waals surface area contributed by atoms with Crippen LogP contribution in [-0.2, 0) is 30.3 Å². The van der Waals surface area contributed by atoms with Gasteiger partial charge in [0, 0.05) is 52.3 Å². The summed E-state index contributed by atoms with van der Waals surface area (Å²) in [5.74, 6) is 0.286.